The Balaban J connectivity index is 4.39. The molecule has 0 unspecified atom stereocenters. The lowest BCUT2D eigenvalue weighted by Crippen LogP contribution is -2.41. The molecule has 0 aliphatic rings. The topological polar surface area (TPSA) is 57.6 Å². The summed E-state index contributed by atoms with van der Waals surface area (Å²) in [6.07, 6.45) is 1.50. The maximum absolute atomic E-state index is 11.0. The van der Waals surface area contributed by atoms with Gasteiger partial charge in [0, 0.05) is 12.6 Å². The van der Waals surface area contributed by atoms with Gasteiger partial charge in [-0.15, -0.1) is 6.58 Å². The van der Waals surface area contributed by atoms with Gasteiger partial charge in [0.2, 0.25) is 0 Å². The average Bonchev–Trinajstić information content (AvgIpc) is 1.98. The van der Waals surface area contributed by atoms with E-state index in [0.29, 0.717) is 0 Å². The van der Waals surface area contributed by atoms with E-state index in [-0.39, 0.29) is 12.6 Å². The molecule has 0 aliphatic carbocycles. The van der Waals surface area contributed by atoms with E-state index in [2.05, 4.69) is 6.58 Å². The van der Waals surface area contributed by atoms with E-state index in [4.69, 9.17) is 5.11 Å². The van der Waals surface area contributed by atoms with Crippen molar-refractivity contribution in [2.24, 2.45) is 0 Å². The Morgan fingerprint density at radius 3 is 2.33 bits per heavy atom. The predicted octanol–water partition coefficient (Wildman–Crippen LogP) is 0.494. The maximum Gasteiger partial charge on any atom is 0.394 e. The predicted molar refractivity (Wildman–Crippen MR) is 44.7 cm³/mol. The first-order valence-corrected chi connectivity index (χ1v) is 3.65. The Hall–Kier alpha value is -1.32. The van der Waals surface area contributed by atoms with Gasteiger partial charge in [-0.1, -0.05) is 6.08 Å². The minimum absolute atomic E-state index is 0.119. The Labute approximate surface area is 71.5 Å². The first kappa shape index (κ1) is 10.7. The summed E-state index contributed by atoms with van der Waals surface area (Å²) >= 11 is 0. The van der Waals surface area contributed by atoms with Crippen LogP contribution in [0.3, 0.4) is 0 Å². The minimum Gasteiger partial charge on any atom is -0.474 e. The molecule has 0 aliphatic heterocycles. The zero-order valence-corrected chi connectivity index (χ0v) is 7.28. The molecule has 0 rings (SSSR count). The molecule has 0 aromatic rings. The first-order valence-electron chi connectivity index (χ1n) is 3.65. The van der Waals surface area contributed by atoms with E-state index in [0.717, 1.165) is 0 Å². The Kier molecular flexibility index (Phi) is 4.04. The van der Waals surface area contributed by atoms with Crippen LogP contribution in [0.25, 0.3) is 0 Å². The summed E-state index contributed by atoms with van der Waals surface area (Å²) in [4.78, 5) is 22.5. The van der Waals surface area contributed by atoms with Crippen molar-refractivity contribution in [3.63, 3.8) is 0 Å². The molecule has 0 bridgehead atoms. The number of carbonyl (C=O) groups is 2. The van der Waals surface area contributed by atoms with E-state index in [9.17, 15) is 9.59 Å². The highest BCUT2D eigenvalue weighted by Gasteiger charge is 2.21. The van der Waals surface area contributed by atoms with Crippen molar-refractivity contribution in [1.82, 2.24) is 4.90 Å². The van der Waals surface area contributed by atoms with Gasteiger partial charge in [0.1, 0.15) is 0 Å². The van der Waals surface area contributed by atoms with E-state index in [1.54, 1.807) is 13.8 Å². The van der Waals surface area contributed by atoms with Crippen LogP contribution in [0.1, 0.15) is 13.8 Å². The van der Waals surface area contributed by atoms with Crippen LogP contribution in [0.4, 0.5) is 0 Å². The smallest absolute Gasteiger partial charge is 0.394 e. The molecule has 0 atom stereocenters. The average molecular weight is 171 g/mol. The third-order valence-electron chi connectivity index (χ3n) is 1.39. The van der Waals surface area contributed by atoms with Crippen molar-refractivity contribution in [1.29, 1.82) is 0 Å². The lowest BCUT2D eigenvalue weighted by atomic mass is 10.3. The van der Waals surface area contributed by atoms with Crippen molar-refractivity contribution in [2.45, 2.75) is 19.9 Å². The number of hydrogen-bond acceptors (Lipinski definition) is 2. The highest BCUT2D eigenvalue weighted by atomic mass is 16.4. The van der Waals surface area contributed by atoms with Gasteiger partial charge in [-0.05, 0) is 13.8 Å². The molecule has 0 aromatic heterocycles. The maximum atomic E-state index is 11.0. The minimum atomic E-state index is -1.43. The van der Waals surface area contributed by atoms with Crippen molar-refractivity contribution in [3.8, 4) is 0 Å². The Morgan fingerprint density at radius 1 is 1.58 bits per heavy atom. The van der Waals surface area contributed by atoms with Crippen LogP contribution in [0.2, 0.25) is 0 Å². The number of carboxylic acids is 1. The number of carboxylic acid groups (broad SMARTS) is 1. The van der Waals surface area contributed by atoms with Gasteiger partial charge in [-0.25, -0.2) is 4.79 Å². The summed E-state index contributed by atoms with van der Waals surface area (Å²) in [5.41, 5.74) is 0. The van der Waals surface area contributed by atoms with Crippen LogP contribution in [0, 0.1) is 0 Å². The Morgan fingerprint density at radius 2 is 2.08 bits per heavy atom. The molecule has 12 heavy (non-hydrogen) atoms. The van der Waals surface area contributed by atoms with Crippen LogP contribution in [0.15, 0.2) is 12.7 Å². The van der Waals surface area contributed by atoms with E-state index in [1.165, 1.54) is 11.0 Å². The second-order valence-corrected chi connectivity index (χ2v) is 2.65. The zero-order chi connectivity index (χ0) is 9.72. The molecule has 0 saturated carbocycles. The van der Waals surface area contributed by atoms with Crippen LogP contribution >= 0.6 is 0 Å². The number of carbonyl (C=O) groups excluding carboxylic acids is 1. The van der Waals surface area contributed by atoms with Gasteiger partial charge in [0.15, 0.2) is 0 Å². The molecule has 0 radical (unpaired) electrons. The fraction of sp³-hybridized carbons (Fsp3) is 0.500. The lowest BCUT2D eigenvalue weighted by Gasteiger charge is -2.22. The summed E-state index contributed by atoms with van der Waals surface area (Å²) < 4.78 is 0. The second kappa shape index (κ2) is 4.54. The summed E-state index contributed by atoms with van der Waals surface area (Å²) in [6.45, 7) is 7.21. The summed E-state index contributed by atoms with van der Waals surface area (Å²) in [7, 11) is 0. The van der Waals surface area contributed by atoms with Gasteiger partial charge in [-0.3, -0.25) is 4.79 Å². The fourth-order valence-electron chi connectivity index (χ4n) is 0.790. The van der Waals surface area contributed by atoms with Gasteiger partial charge < -0.3 is 10.0 Å². The number of aliphatic carboxylic acids is 1. The van der Waals surface area contributed by atoms with Crippen LogP contribution in [-0.4, -0.2) is 34.5 Å². The molecule has 0 saturated heterocycles. The summed E-state index contributed by atoms with van der Waals surface area (Å²) in [5, 5.41) is 8.40. The molecule has 4 nitrogen and oxygen atoms in total. The quantitative estimate of drug-likeness (QED) is 0.496. The van der Waals surface area contributed by atoms with E-state index >= 15 is 0 Å². The summed E-state index contributed by atoms with van der Waals surface area (Å²) in [5.74, 6) is -2.31. The molecule has 0 fully saturated rings. The normalized spacial score (nSPS) is 9.58. The number of rotatable bonds is 3. The first-order chi connectivity index (χ1) is 5.50. The largest absolute Gasteiger partial charge is 0.474 e. The van der Waals surface area contributed by atoms with Crippen LogP contribution < -0.4 is 0 Å². The van der Waals surface area contributed by atoms with Crippen LogP contribution in [-0.2, 0) is 9.59 Å². The van der Waals surface area contributed by atoms with E-state index < -0.39 is 11.9 Å². The molecule has 4 heteroatoms. The third-order valence-corrected chi connectivity index (χ3v) is 1.39. The van der Waals surface area contributed by atoms with Gasteiger partial charge in [0.25, 0.3) is 0 Å². The third kappa shape index (κ3) is 2.74. The molecule has 0 aromatic carbocycles. The van der Waals surface area contributed by atoms with E-state index in [1.807, 2.05) is 0 Å². The monoisotopic (exact) mass is 171 g/mol. The standard InChI is InChI=1S/C8H13NO3/c1-4-5-9(6(2)3)7(10)8(11)12/h4,6H,1,5H2,2-3H3,(H,11,12). The van der Waals surface area contributed by atoms with Gasteiger partial charge in [0.05, 0.1) is 0 Å². The lowest BCUT2D eigenvalue weighted by molar-refractivity contribution is -0.156. The van der Waals surface area contributed by atoms with Crippen LogP contribution in [0.5, 0.6) is 0 Å². The molecule has 68 valence electrons. The highest BCUT2D eigenvalue weighted by molar-refractivity contribution is 6.31. The molecule has 0 spiro atoms. The second-order valence-electron chi connectivity index (χ2n) is 2.65. The molecule has 0 heterocycles. The van der Waals surface area contributed by atoms with Crippen molar-refractivity contribution in [2.75, 3.05) is 6.54 Å². The fourth-order valence-corrected chi connectivity index (χ4v) is 0.790. The van der Waals surface area contributed by atoms with Gasteiger partial charge >= 0.3 is 11.9 Å². The van der Waals surface area contributed by atoms with Crippen molar-refractivity contribution >= 4 is 11.9 Å². The molecule has 1 N–H and O–H groups in total. The SMILES string of the molecule is C=CCN(C(=O)C(=O)O)C(C)C. The zero-order valence-electron chi connectivity index (χ0n) is 7.28. The van der Waals surface area contributed by atoms with Crippen molar-refractivity contribution in [3.05, 3.63) is 12.7 Å². The Bertz CT molecular complexity index is 198. The summed E-state index contributed by atoms with van der Waals surface area (Å²) in [6, 6.07) is -0.119. The van der Waals surface area contributed by atoms with Gasteiger partial charge in [-0.2, -0.15) is 0 Å². The molecular formula is C8H13NO3. The molecule has 1 amide bonds. The number of nitrogens with zero attached hydrogens (tertiary/aromatic N) is 1. The molecular weight excluding hydrogens is 158 g/mol. The number of hydrogen-bond donors (Lipinski definition) is 1. The number of amides is 1. The highest BCUT2D eigenvalue weighted by Crippen LogP contribution is 1.98. The van der Waals surface area contributed by atoms with Crippen molar-refractivity contribution < 1.29 is 14.7 Å².